The summed E-state index contributed by atoms with van der Waals surface area (Å²) in [5.41, 5.74) is 0.187. The van der Waals surface area contributed by atoms with E-state index < -0.39 is 30.4 Å². The van der Waals surface area contributed by atoms with E-state index in [1.54, 1.807) is 12.1 Å². The van der Waals surface area contributed by atoms with Crippen LogP contribution in [0.25, 0.3) is 6.08 Å². The summed E-state index contributed by atoms with van der Waals surface area (Å²) >= 11 is 0. The second-order valence-corrected chi connectivity index (χ2v) is 4.03. The first-order chi connectivity index (χ1) is 9.95. The van der Waals surface area contributed by atoms with Gasteiger partial charge in [0.15, 0.2) is 0 Å². The number of aliphatic carboxylic acids is 1. The van der Waals surface area contributed by atoms with Crippen LogP contribution in [-0.4, -0.2) is 30.4 Å². The molecule has 8 nitrogen and oxygen atoms in total. The molecule has 1 aliphatic rings. The van der Waals surface area contributed by atoms with Crippen molar-refractivity contribution in [3.05, 3.63) is 35.4 Å². The van der Waals surface area contributed by atoms with Gasteiger partial charge < -0.3 is 14.6 Å². The Morgan fingerprint density at radius 3 is 2.48 bits per heavy atom. The molecule has 2 N–H and O–H groups in total. The highest BCUT2D eigenvalue weighted by Gasteiger charge is 2.27. The van der Waals surface area contributed by atoms with Crippen LogP contribution in [0.5, 0.6) is 5.75 Å². The molecule has 0 bridgehead atoms. The zero-order valence-corrected chi connectivity index (χ0v) is 10.5. The average molecular weight is 289 g/mol. The number of carboxylic acids is 1. The molecule has 21 heavy (non-hydrogen) atoms. The SMILES string of the molecule is O=C([O-])COc1cccc(C=C2C(=O)NC(=O)NC2=O)c1. The number of amides is 4. The van der Waals surface area contributed by atoms with Crippen LogP contribution in [0, 0.1) is 0 Å². The highest BCUT2D eigenvalue weighted by molar-refractivity contribution is 6.31. The molecule has 1 aliphatic heterocycles. The van der Waals surface area contributed by atoms with Crippen molar-refractivity contribution in [3.8, 4) is 5.75 Å². The van der Waals surface area contributed by atoms with Crippen LogP contribution in [0.1, 0.15) is 5.56 Å². The van der Waals surface area contributed by atoms with Crippen LogP contribution in [0.4, 0.5) is 4.79 Å². The number of nitrogens with one attached hydrogen (secondary N) is 2. The zero-order chi connectivity index (χ0) is 15.4. The smallest absolute Gasteiger partial charge is 0.328 e. The van der Waals surface area contributed by atoms with Crippen molar-refractivity contribution in [2.45, 2.75) is 0 Å². The highest BCUT2D eigenvalue weighted by Crippen LogP contribution is 2.16. The first-order valence-electron chi connectivity index (χ1n) is 5.77. The largest absolute Gasteiger partial charge is 0.546 e. The van der Waals surface area contributed by atoms with Crippen molar-refractivity contribution in [1.82, 2.24) is 10.6 Å². The van der Waals surface area contributed by atoms with E-state index in [-0.39, 0.29) is 11.3 Å². The fourth-order valence-electron chi connectivity index (χ4n) is 1.61. The van der Waals surface area contributed by atoms with Gasteiger partial charge in [0.1, 0.15) is 17.9 Å². The fourth-order valence-corrected chi connectivity index (χ4v) is 1.61. The van der Waals surface area contributed by atoms with Crippen molar-refractivity contribution < 1.29 is 29.0 Å². The lowest BCUT2D eigenvalue weighted by molar-refractivity contribution is -0.307. The second-order valence-electron chi connectivity index (χ2n) is 4.03. The third-order valence-corrected chi connectivity index (χ3v) is 2.47. The monoisotopic (exact) mass is 289 g/mol. The van der Waals surface area contributed by atoms with Gasteiger partial charge in [-0.1, -0.05) is 12.1 Å². The van der Waals surface area contributed by atoms with E-state index >= 15 is 0 Å². The summed E-state index contributed by atoms with van der Waals surface area (Å²) in [6.45, 7) is -0.616. The maximum atomic E-state index is 11.5. The molecule has 0 radical (unpaired) electrons. The Kier molecular flexibility index (Phi) is 3.98. The first-order valence-corrected chi connectivity index (χ1v) is 5.77. The molecule has 108 valence electrons. The summed E-state index contributed by atoms with van der Waals surface area (Å²) in [5.74, 6) is -2.76. The minimum absolute atomic E-state index is 0.237. The van der Waals surface area contributed by atoms with Crippen molar-refractivity contribution in [1.29, 1.82) is 0 Å². The lowest BCUT2D eigenvalue weighted by Crippen LogP contribution is -2.51. The van der Waals surface area contributed by atoms with Crippen molar-refractivity contribution in [2.24, 2.45) is 0 Å². The molecule has 2 rings (SSSR count). The number of urea groups is 1. The van der Waals surface area contributed by atoms with E-state index in [2.05, 4.69) is 0 Å². The number of carbonyl (C=O) groups is 4. The summed E-state index contributed by atoms with van der Waals surface area (Å²) in [5, 5.41) is 14.2. The Hall–Kier alpha value is -3.16. The lowest BCUT2D eigenvalue weighted by atomic mass is 10.1. The average Bonchev–Trinajstić information content (AvgIpc) is 2.41. The number of rotatable bonds is 4. The number of hydrogen-bond donors (Lipinski definition) is 2. The quantitative estimate of drug-likeness (QED) is 0.517. The summed E-state index contributed by atoms with van der Waals surface area (Å²) in [7, 11) is 0. The maximum Gasteiger partial charge on any atom is 0.328 e. The van der Waals surface area contributed by atoms with Crippen LogP contribution in [0.3, 0.4) is 0 Å². The van der Waals surface area contributed by atoms with Gasteiger partial charge in [-0.3, -0.25) is 20.2 Å². The molecule has 1 aromatic rings. The van der Waals surface area contributed by atoms with Gasteiger partial charge in [-0.05, 0) is 23.8 Å². The summed E-state index contributed by atoms with van der Waals surface area (Å²) in [6, 6.07) is 5.20. The Morgan fingerprint density at radius 2 is 1.86 bits per heavy atom. The van der Waals surface area contributed by atoms with E-state index in [0.29, 0.717) is 5.56 Å². The number of benzene rings is 1. The molecular formula is C13H9N2O6-. The molecule has 8 heteroatoms. The molecule has 0 atom stereocenters. The molecule has 0 unspecified atom stereocenters. The van der Waals surface area contributed by atoms with Gasteiger partial charge in [0.2, 0.25) is 0 Å². The molecule has 1 fully saturated rings. The predicted molar refractivity (Wildman–Crippen MR) is 66.6 cm³/mol. The van der Waals surface area contributed by atoms with Crippen molar-refractivity contribution >= 4 is 29.9 Å². The van der Waals surface area contributed by atoms with Gasteiger partial charge in [-0.25, -0.2) is 4.79 Å². The standard InChI is InChI=1S/C13H10N2O6/c16-10(17)6-21-8-3-1-2-7(4-8)5-9-11(18)14-13(20)15-12(9)19/h1-5H,6H2,(H,16,17)(H2,14,15,18,19,20)/p-1. The molecular weight excluding hydrogens is 280 g/mol. The van der Waals surface area contributed by atoms with Crippen LogP contribution >= 0.6 is 0 Å². The molecule has 0 spiro atoms. The molecule has 1 saturated heterocycles. The normalized spacial score (nSPS) is 14.3. The summed E-state index contributed by atoms with van der Waals surface area (Å²) < 4.78 is 4.92. The van der Waals surface area contributed by atoms with E-state index in [9.17, 15) is 24.3 Å². The minimum Gasteiger partial charge on any atom is -0.546 e. The van der Waals surface area contributed by atoms with Crippen molar-refractivity contribution in [2.75, 3.05) is 6.61 Å². The molecule has 0 saturated carbocycles. The Bertz CT molecular complexity index is 642. The van der Waals surface area contributed by atoms with Crippen LogP contribution in [-0.2, 0) is 14.4 Å². The van der Waals surface area contributed by atoms with Crippen LogP contribution in [0.15, 0.2) is 29.8 Å². The number of imide groups is 2. The van der Waals surface area contributed by atoms with Crippen LogP contribution in [0.2, 0.25) is 0 Å². The third kappa shape index (κ3) is 3.66. The van der Waals surface area contributed by atoms with Gasteiger partial charge in [0.25, 0.3) is 11.8 Å². The third-order valence-electron chi connectivity index (χ3n) is 2.47. The van der Waals surface area contributed by atoms with Gasteiger partial charge in [-0.15, -0.1) is 0 Å². The van der Waals surface area contributed by atoms with Gasteiger partial charge >= 0.3 is 6.03 Å². The maximum absolute atomic E-state index is 11.5. The number of hydrogen-bond acceptors (Lipinski definition) is 6. The fraction of sp³-hybridized carbons (Fsp3) is 0.0769. The summed E-state index contributed by atoms with van der Waals surface area (Å²) in [4.78, 5) is 44.3. The molecule has 1 heterocycles. The lowest BCUT2D eigenvalue weighted by Gasteiger charge is -2.14. The van der Waals surface area contributed by atoms with Gasteiger partial charge in [-0.2, -0.15) is 0 Å². The number of carboxylic acid groups (broad SMARTS) is 1. The molecule has 0 aromatic heterocycles. The summed E-state index contributed by atoms with van der Waals surface area (Å²) in [6.07, 6.45) is 1.25. The number of barbiturate groups is 1. The first kappa shape index (κ1) is 14.3. The molecule has 0 aliphatic carbocycles. The topological polar surface area (TPSA) is 125 Å². The van der Waals surface area contributed by atoms with Crippen molar-refractivity contribution in [3.63, 3.8) is 0 Å². The second kappa shape index (κ2) is 5.87. The predicted octanol–water partition coefficient (Wildman–Crippen LogP) is -1.44. The Morgan fingerprint density at radius 1 is 1.19 bits per heavy atom. The van der Waals surface area contributed by atoms with Gasteiger partial charge in [0, 0.05) is 0 Å². The zero-order valence-electron chi connectivity index (χ0n) is 10.5. The number of carbonyl (C=O) groups excluding carboxylic acids is 4. The Labute approximate surface area is 118 Å². The van der Waals surface area contributed by atoms with E-state index in [1.165, 1.54) is 18.2 Å². The minimum atomic E-state index is -1.37. The van der Waals surface area contributed by atoms with E-state index in [4.69, 9.17) is 4.74 Å². The van der Waals surface area contributed by atoms with E-state index in [0.717, 1.165) is 0 Å². The molecule has 4 amide bonds. The van der Waals surface area contributed by atoms with Gasteiger partial charge in [0.05, 0.1) is 5.97 Å². The highest BCUT2D eigenvalue weighted by atomic mass is 16.5. The number of ether oxygens (including phenoxy) is 1. The molecule has 1 aromatic carbocycles. The van der Waals surface area contributed by atoms with E-state index in [1.807, 2.05) is 10.6 Å². The Balaban J connectivity index is 2.22. The van der Waals surface area contributed by atoms with Crippen LogP contribution < -0.4 is 20.5 Å².